The van der Waals surface area contributed by atoms with Gasteiger partial charge in [0, 0.05) is 101 Å². The third-order valence-electron chi connectivity index (χ3n) is 21.2. The van der Waals surface area contributed by atoms with Crippen molar-refractivity contribution in [1.82, 2.24) is 10.6 Å². The van der Waals surface area contributed by atoms with Gasteiger partial charge in [0.1, 0.15) is 46.0 Å². The summed E-state index contributed by atoms with van der Waals surface area (Å²) >= 11 is 0. The summed E-state index contributed by atoms with van der Waals surface area (Å²) in [7, 11) is -6.99. The Morgan fingerprint density at radius 2 is 0.560 bits per heavy atom. The SMILES string of the molecule is CCCCCC1c2cc3c4c(C)c2OCOc2c1cc1c(c2CNC(=O)CP(=O)(c2ccccc2)c2ccccc2)OCOc2c(cc5c(c2C)OCOc2c(cc(c(c2CNC(=O)CP(=O)(c2ccccc2)c2ccccc2)OCO4)C3CCCCC)C5CCCCC)C1CCCCC. The molecule has 0 fully saturated rings. The van der Waals surface area contributed by atoms with Crippen LogP contribution in [0.1, 0.15) is 221 Å². The molecular formula is C84H96N2O12P2. The molecule has 0 saturated carbocycles. The van der Waals surface area contributed by atoms with Crippen LogP contribution in [0.3, 0.4) is 0 Å². The average Bonchev–Trinajstić information content (AvgIpc) is 0.722. The summed E-state index contributed by atoms with van der Waals surface area (Å²) in [5, 5.41) is 9.07. The smallest absolute Gasteiger partial charge is 0.230 e. The maximum atomic E-state index is 15.6. The van der Waals surface area contributed by atoms with Crippen LogP contribution in [0, 0.1) is 13.8 Å². The van der Waals surface area contributed by atoms with E-state index in [9.17, 15) is 0 Å². The maximum absolute atomic E-state index is 15.6. The van der Waals surface area contributed by atoms with E-state index >= 15 is 18.7 Å². The van der Waals surface area contributed by atoms with Crippen molar-refractivity contribution in [2.45, 2.75) is 181 Å². The van der Waals surface area contributed by atoms with Crippen molar-refractivity contribution in [3.8, 4) is 46.0 Å². The van der Waals surface area contributed by atoms with Gasteiger partial charge in [-0.15, -0.1) is 0 Å². The van der Waals surface area contributed by atoms with E-state index in [0.717, 1.165) is 158 Å². The van der Waals surface area contributed by atoms with Crippen molar-refractivity contribution < 1.29 is 56.6 Å². The number of ether oxygens (including phenoxy) is 8. The zero-order chi connectivity index (χ0) is 69.3. The van der Waals surface area contributed by atoms with Gasteiger partial charge in [0.25, 0.3) is 0 Å². The molecule has 2 amide bonds. The number of nitrogens with one attached hydrogen (secondary N) is 2. The standard InChI is InChI=1S/C84H96N2O12P2/c1-7-11-19-39-61-65-43-66-62(40-20-12-8-2)71-46-72-64(42-22-14-10-4)68-44-67-63(41-21-13-9-3)70-45-69(61)81-73(47-85-75(87)49-99(89,57-31-23-15-24-32-57)58-33-25-16-26-34-58)82(70)96-53-93-79(67)56(6)80(68)94-54-98-84(72)74(83(71)97-52-92-78(66)55(5)77(65)91-51-95-81)48-86-76(88)50-100(90,59-35-27-17-28-36-59)60-37-29-18-30-38-60/h15-18,23-38,43-46,61-64H,7-14,19-22,39-42,47-54H2,1-6H3,(H,85,87)(H,86,88). The predicted molar refractivity (Wildman–Crippen MR) is 397 cm³/mol. The molecule has 524 valence electrons. The van der Waals surface area contributed by atoms with Crippen molar-refractivity contribution in [3.63, 3.8) is 0 Å². The lowest BCUT2D eigenvalue weighted by Crippen LogP contribution is -2.32. The Bertz CT molecular complexity index is 3830. The third kappa shape index (κ3) is 14.1. The van der Waals surface area contributed by atoms with Crippen LogP contribution in [0.15, 0.2) is 146 Å². The number of hydrogen-bond acceptors (Lipinski definition) is 12. The van der Waals surface area contributed by atoms with Gasteiger partial charge in [0.05, 0.1) is 36.5 Å². The summed E-state index contributed by atoms with van der Waals surface area (Å²) in [5.41, 5.74) is 10.9. The Labute approximate surface area is 590 Å². The average molecular weight is 1390 g/mol. The minimum atomic E-state index is -3.49. The van der Waals surface area contributed by atoms with Gasteiger partial charge < -0.3 is 57.7 Å². The molecule has 4 atom stereocenters. The van der Waals surface area contributed by atoms with Crippen molar-refractivity contribution in [2.75, 3.05) is 39.5 Å². The number of unbranched alkanes of at least 4 members (excludes halogenated alkanes) is 8. The van der Waals surface area contributed by atoms with Gasteiger partial charge in [-0.3, -0.25) is 9.59 Å². The van der Waals surface area contributed by atoms with E-state index in [2.05, 4.69) is 76.4 Å². The lowest BCUT2D eigenvalue weighted by atomic mass is 9.74. The maximum Gasteiger partial charge on any atom is 0.230 e. The monoisotopic (exact) mass is 1390 g/mol. The highest BCUT2D eigenvalue weighted by Gasteiger charge is 2.42. The number of benzene rings is 8. The topological polar surface area (TPSA) is 166 Å². The molecular weight excluding hydrogens is 1290 g/mol. The van der Waals surface area contributed by atoms with Crippen LogP contribution < -0.4 is 69.7 Å². The molecule has 1 aliphatic carbocycles. The molecule has 8 bridgehead atoms. The van der Waals surface area contributed by atoms with Crippen LogP contribution in [0.2, 0.25) is 0 Å². The molecule has 4 unspecified atom stereocenters. The first-order valence-corrected chi connectivity index (χ1v) is 40.4. The van der Waals surface area contributed by atoms with Crippen molar-refractivity contribution in [2.24, 2.45) is 0 Å². The molecule has 0 spiro atoms. The zero-order valence-corrected chi connectivity index (χ0v) is 60.7. The zero-order valence-electron chi connectivity index (χ0n) is 58.9. The Kier molecular flexibility index (Phi) is 22.1. The molecule has 4 heterocycles. The summed E-state index contributed by atoms with van der Waals surface area (Å²) < 4.78 is 88.0. The van der Waals surface area contributed by atoms with Crippen molar-refractivity contribution >= 4 is 47.3 Å². The minimum Gasteiger partial charge on any atom is -0.457 e. The van der Waals surface area contributed by atoms with Crippen LogP contribution in [-0.4, -0.2) is 51.3 Å². The Hall–Kier alpha value is -8.44. The van der Waals surface area contributed by atoms with Gasteiger partial charge in [0.15, 0.2) is 14.3 Å². The molecule has 8 aromatic carbocycles. The van der Waals surface area contributed by atoms with Crippen molar-refractivity contribution in [3.05, 3.63) is 212 Å². The fraction of sp³-hybridized carbons (Fsp3) is 0.405. The summed E-state index contributed by atoms with van der Waals surface area (Å²) in [5.74, 6) is 3.07. The summed E-state index contributed by atoms with van der Waals surface area (Å²) in [6.45, 7) is 12.4. The highest BCUT2D eigenvalue weighted by molar-refractivity contribution is 7.79. The van der Waals surface area contributed by atoms with Crippen LogP contribution in [0.5, 0.6) is 46.0 Å². The van der Waals surface area contributed by atoms with Crippen molar-refractivity contribution in [1.29, 1.82) is 0 Å². The third-order valence-corrected chi connectivity index (χ3v) is 27.2. The number of rotatable bonds is 28. The van der Waals surface area contributed by atoms with Crippen LogP contribution in [-0.2, 0) is 31.8 Å². The summed E-state index contributed by atoms with van der Waals surface area (Å²) in [6, 6.07) is 46.8. The van der Waals surface area contributed by atoms with Crippen LogP contribution in [0.4, 0.5) is 0 Å². The molecule has 16 heteroatoms. The second-order valence-corrected chi connectivity index (χ2v) is 33.2. The molecule has 5 aliphatic rings. The molecule has 13 rings (SSSR count). The highest BCUT2D eigenvalue weighted by Crippen LogP contribution is 2.59. The van der Waals surface area contributed by atoms with Crippen LogP contribution >= 0.6 is 14.3 Å². The Balaban J connectivity index is 1.06. The minimum absolute atomic E-state index is 0.00748. The van der Waals surface area contributed by atoms with E-state index in [0.29, 0.717) is 78.3 Å². The molecule has 2 N–H and O–H groups in total. The number of hydrogen-bond donors (Lipinski definition) is 2. The largest absolute Gasteiger partial charge is 0.457 e. The first kappa shape index (κ1) is 70.0. The van der Waals surface area contributed by atoms with Gasteiger partial charge in [-0.1, -0.05) is 226 Å². The molecule has 8 aromatic rings. The lowest BCUT2D eigenvalue weighted by Gasteiger charge is -2.37. The fourth-order valence-corrected chi connectivity index (χ4v) is 21.1. The second kappa shape index (κ2) is 31.6. The first-order valence-electron chi connectivity index (χ1n) is 36.6. The normalized spacial score (nSPS) is 16.9. The summed E-state index contributed by atoms with van der Waals surface area (Å²) in [6.07, 6.45) is 14.0. The van der Waals surface area contributed by atoms with Gasteiger partial charge in [0.2, 0.25) is 39.0 Å². The second-order valence-electron chi connectivity index (χ2n) is 27.6. The number of carbonyl (C=O) groups excluding carboxylic acids is 2. The molecule has 0 saturated heterocycles. The first-order chi connectivity index (χ1) is 48.9. The van der Waals surface area contributed by atoms with E-state index in [1.807, 2.05) is 121 Å². The van der Waals surface area contributed by atoms with Crippen LogP contribution in [0.25, 0.3) is 0 Å². The fourth-order valence-electron chi connectivity index (χ4n) is 16.1. The van der Waals surface area contributed by atoms with E-state index < -0.39 is 14.3 Å². The predicted octanol–water partition coefficient (Wildman–Crippen LogP) is 17.6. The number of amides is 2. The Morgan fingerprint density at radius 1 is 0.340 bits per heavy atom. The van der Waals surface area contributed by atoms with Gasteiger partial charge >= 0.3 is 0 Å². The van der Waals surface area contributed by atoms with Gasteiger partial charge in [-0.25, -0.2) is 0 Å². The summed E-state index contributed by atoms with van der Waals surface area (Å²) in [4.78, 5) is 30.1. The molecule has 0 aromatic heterocycles. The molecule has 100 heavy (non-hydrogen) atoms. The highest BCUT2D eigenvalue weighted by atomic mass is 31.2. The molecule has 4 aliphatic heterocycles. The number of carbonyl (C=O) groups is 2. The molecule has 14 nitrogen and oxygen atoms in total. The van der Waals surface area contributed by atoms with Gasteiger partial charge in [-0.2, -0.15) is 0 Å². The van der Waals surface area contributed by atoms with Gasteiger partial charge in [-0.05, 0) is 63.8 Å². The van der Waals surface area contributed by atoms with E-state index in [1.165, 1.54) is 0 Å². The quantitative estimate of drug-likeness (QED) is 0.0353. The van der Waals surface area contributed by atoms with E-state index in [1.54, 1.807) is 0 Å². The van der Waals surface area contributed by atoms with E-state index in [-0.39, 0.29) is 88.1 Å². The lowest BCUT2D eigenvalue weighted by molar-refractivity contribution is -0.119. The Morgan fingerprint density at radius 3 is 0.790 bits per heavy atom. The van der Waals surface area contributed by atoms with E-state index in [4.69, 9.17) is 37.9 Å². The molecule has 0 radical (unpaired) electrons.